The van der Waals surface area contributed by atoms with Gasteiger partial charge in [-0.3, -0.25) is 4.79 Å². The second-order valence-corrected chi connectivity index (χ2v) is 5.63. The molecule has 0 saturated heterocycles. The third-order valence-electron chi connectivity index (χ3n) is 4.17. The Bertz CT molecular complexity index is 453. The van der Waals surface area contributed by atoms with Gasteiger partial charge in [0.25, 0.3) is 6.43 Å². The van der Waals surface area contributed by atoms with Crippen LogP contribution in [0.3, 0.4) is 0 Å². The Morgan fingerprint density at radius 2 is 2.00 bits per heavy atom. The number of halogens is 2. The van der Waals surface area contributed by atoms with Gasteiger partial charge in [0.1, 0.15) is 0 Å². The van der Waals surface area contributed by atoms with Crippen LogP contribution < -0.4 is 5.73 Å². The van der Waals surface area contributed by atoms with Crippen molar-refractivity contribution in [3.05, 3.63) is 35.9 Å². The summed E-state index contributed by atoms with van der Waals surface area (Å²) in [5, 5.41) is 0. The fourth-order valence-electron chi connectivity index (χ4n) is 3.08. The fourth-order valence-corrected chi connectivity index (χ4v) is 3.08. The monoisotopic (exact) mass is 296 g/mol. The number of hydrogen-bond donors (Lipinski definition) is 1. The van der Waals surface area contributed by atoms with E-state index in [0.29, 0.717) is 6.54 Å². The van der Waals surface area contributed by atoms with Gasteiger partial charge in [-0.1, -0.05) is 36.8 Å². The lowest BCUT2D eigenvalue weighted by Gasteiger charge is -2.28. The molecule has 3 nitrogen and oxygen atoms in total. The van der Waals surface area contributed by atoms with Crippen molar-refractivity contribution in [2.45, 2.75) is 32.2 Å². The van der Waals surface area contributed by atoms with Crippen molar-refractivity contribution in [1.82, 2.24) is 4.90 Å². The molecule has 0 aromatic heterocycles. The number of rotatable bonds is 6. The van der Waals surface area contributed by atoms with Crippen molar-refractivity contribution in [3.8, 4) is 0 Å². The van der Waals surface area contributed by atoms with Crippen molar-refractivity contribution in [1.29, 1.82) is 0 Å². The van der Waals surface area contributed by atoms with E-state index in [2.05, 4.69) is 0 Å². The zero-order chi connectivity index (χ0) is 15.2. The summed E-state index contributed by atoms with van der Waals surface area (Å²) in [4.78, 5) is 13.9. The summed E-state index contributed by atoms with van der Waals surface area (Å²) in [6.07, 6.45) is 0.109. The van der Waals surface area contributed by atoms with Gasteiger partial charge in [0.05, 0.1) is 6.54 Å². The summed E-state index contributed by atoms with van der Waals surface area (Å²) in [5.74, 6) is -0.238. The first-order valence-corrected chi connectivity index (χ1v) is 7.42. The van der Waals surface area contributed by atoms with E-state index < -0.39 is 13.0 Å². The minimum absolute atomic E-state index is 0.133. The summed E-state index contributed by atoms with van der Waals surface area (Å²) in [6.45, 7) is 0.170. The van der Waals surface area contributed by atoms with Gasteiger partial charge >= 0.3 is 0 Å². The van der Waals surface area contributed by atoms with E-state index in [1.54, 1.807) is 0 Å². The summed E-state index contributed by atoms with van der Waals surface area (Å²) in [7, 11) is 0. The minimum Gasteiger partial charge on any atom is -0.332 e. The maximum atomic E-state index is 12.8. The molecule has 1 saturated carbocycles. The standard InChI is InChI=1S/C16H22F2N2O/c17-15(18)11-20(10-12-5-2-1-3-6-12)16(21)14-8-4-7-13(14)9-19/h1-3,5-6,13-15H,4,7-11,19H2/t13-,14-/m1/s1. The summed E-state index contributed by atoms with van der Waals surface area (Å²) in [6, 6.07) is 9.25. The average molecular weight is 296 g/mol. The number of nitrogens with two attached hydrogens (primary N) is 1. The third-order valence-corrected chi connectivity index (χ3v) is 4.17. The molecule has 2 atom stereocenters. The van der Waals surface area contributed by atoms with E-state index in [1.165, 1.54) is 4.90 Å². The highest BCUT2D eigenvalue weighted by atomic mass is 19.3. The second-order valence-electron chi connectivity index (χ2n) is 5.63. The van der Waals surface area contributed by atoms with Gasteiger partial charge in [-0.15, -0.1) is 0 Å². The molecule has 1 aliphatic rings. The Labute approximate surface area is 124 Å². The molecule has 5 heteroatoms. The average Bonchev–Trinajstić information content (AvgIpc) is 2.95. The lowest BCUT2D eigenvalue weighted by atomic mass is 9.94. The first kappa shape index (κ1) is 15.9. The Hall–Kier alpha value is -1.49. The summed E-state index contributed by atoms with van der Waals surface area (Å²) >= 11 is 0. The Kier molecular flexibility index (Phi) is 5.67. The predicted molar refractivity (Wildman–Crippen MR) is 77.7 cm³/mol. The van der Waals surface area contributed by atoms with Gasteiger partial charge in [0, 0.05) is 12.5 Å². The first-order valence-electron chi connectivity index (χ1n) is 7.42. The number of carbonyl (C=O) groups is 1. The van der Waals surface area contributed by atoms with Gasteiger partial charge in [-0.25, -0.2) is 8.78 Å². The van der Waals surface area contributed by atoms with Crippen LogP contribution in [0.5, 0.6) is 0 Å². The van der Waals surface area contributed by atoms with E-state index in [9.17, 15) is 13.6 Å². The van der Waals surface area contributed by atoms with Gasteiger partial charge in [-0.05, 0) is 30.9 Å². The summed E-state index contributed by atoms with van der Waals surface area (Å²) < 4.78 is 25.6. The quantitative estimate of drug-likeness (QED) is 0.877. The molecule has 1 aliphatic carbocycles. The molecule has 0 heterocycles. The maximum absolute atomic E-state index is 12.8. The Morgan fingerprint density at radius 1 is 1.29 bits per heavy atom. The first-order chi connectivity index (χ1) is 10.1. The fraction of sp³-hybridized carbons (Fsp3) is 0.562. The zero-order valence-electron chi connectivity index (χ0n) is 12.1. The van der Waals surface area contributed by atoms with Crippen LogP contribution in [0.4, 0.5) is 8.78 Å². The molecule has 2 rings (SSSR count). The number of hydrogen-bond acceptors (Lipinski definition) is 2. The lowest BCUT2D eigenvalue weighted by Crippen LogP contribution is -2.41. The molecule has 2 N–H and O–H groups in total. The van der Waals surface area contributed by atoms with Crippen molar-refractivity contribution in [2.75, 3.05) is 13.1 Å². The van der Waals surface area contributed by atoms with Crippen LogP contribution in [0.1, 0.15) is 24.8 Å². The van der Waals surface area contributed by atoms with E-state index in [4.69, 9.17) is 5.73 Å². The van der Waals surface area contributed by atoms with Crippen LogP contribution in [0.25, 0.3) is 0 Å². The number of amides is 1. The van der Waals surface area contributed by atoms with Crippen molar-refractivity contribution >= 4 is 5.91 Å². The predicted octanol–water partition coefficient (Wildman–Crippen LogP) is 2.66. The Balaban J connectivity index is 2.09. The SMILES string of the molecule is NC[C@H]1CCC[C@H]1C(=O)N(Cc1ccccc1)CC(F)F. The third kappa shape index (κ3) is 4.24. The molecule has 1 amide bonds. The van der Waals surface area contributed by atoms with Gasteiger partial charge in [0.2, 0.25) is 5.91 Å². The van der Waals surface area contributed by atoms with Crippen molar-refractivity contribution in [2.24, 2.45) is 17.6 Å². The number of nitrogens with zero attached hydrogens (tertiary/aromatic N) is 1. The smallest absolute Gasteiger partial charge is 0.255 e. The van der Waals surface area contributed by atoms with Crippen LogP contribution in [0.2, 0.25) is 0 Å². The van der Waals surface area contributed by atoms with Crippen LogP contribution in [-0.4, -0.2) is 30.3 Å². The van der Waals surface area contributed by atoms with E-state index in [0.717, 1.165) is 24.8 Å². The van der Waals surface area contributed by atoms with Gasteiger partial charge in [-0.2, -0.15) is 0 Å². The highest BCUT2D eigenvalue weighted by Gasteiger charge is 2.35. The highest BCUT2D eigenvalue weighted by Crippen LogP contribution is 2.32. The van der Waals surface area contributed by atoms with Gasteiger partial charge < -0.3 is 10.6 Å². The summed E-state index contributed by atoms with van der Waals surface area (Å²) in [5.41, 5.74) is 6.57. The normalized spacial score (nSPS) is 21.7. The molecular weight excluding hydrogens is 274 g/mol. The molecule has 0 radical (unpaired) electrons. The molecule has 0 spiro atoms. The molecule has 0 unspecified atom stereocenters. The lowest BCUT2D eigenvalue weighted by molar-refractivity contribution is -0.139. The number of benzene rings is 1. The van der Waals surface area contributed by atoms with Crippen LogP contribution in [-0.2, 0) is 11.3 Å². The Morgan fingerprint density at radius 3 is 2.62 bits per heavy atom. The number of alkyl halides is 2. The molecule has 0 aliphatic heterocycles. The zero-order valence-corrected chi connectivity index (χ0v) is 12.1. The highest BCUT2D eigenvalue weighted by molar-refractivity contribution is 5.79. The van der Waals surface area contributed by atoms with Crippen molar-refractivity contribution < 1.29 is 13.6 Å². The largest absolute Gasteiger partial charge is 0.332 e. The number of carbonyl (C=O) groups excluding carboxylic acids is 1. The molecule has 116 valence electrons. The second kappa shape index (κ2) is 7.50. The molecule has 1 aromatic carbocycles. The van der Waals surface area contributed by atoms with E-state index in [-0.39, 0.29) is 24.3 Å². The minimum atomic E-state index is -2.52. The molecular formula is C16H22F2N2O. The molecule has 1 aromatic rings. The topological polar surface area (TPSA) is 46.3 Å². The van der Waals surface area contributed by atoms with E-state index >= 15 is 0 Å². The van der Waals surface area contributed by atoms with Crippen LogP contribution >= 0.6 is 0 Å². The maximum Gasteiger partial charge on any atom is 0.255 e. The molecule has 21 heavy (non-hydrogen) atoms. The van der Waals surface area contributed by atoms with Gasteiger partial charge in [0.15, 0.2) is 0 Å². The van der Waals surface area contributed by atoms with E-state index in [1.807, 2.05) is 30.3 Å². The van der Waals surface area contributed by atoms with Crippen LogP contribution in [0.15, 0.2) is 30.3 Å². The van der Waals surface area contributed by atoms with Crippen molar-refractivity contribution in [3.63, 3.8) is 0 Å². The van der Waals surface area contributed by atoms with Crippen LogP contribution in [0, 0.1) is 11.8 Å². The molecule has 0 bridgehead atoms. The molecule has 1 fully saturated rings.